The predicted octanol–water partition coefficient (Wildman–Crippen LogP) is 4.18. The van der Waals surface area contributed by atoms with Gasteiger partial charge in [0.2, 0.25) is 0 Å². The first kappa shape index (κ1) is 29.1. The molecule has 4 rings (SSSR count). The van der Waals surface area contributed by atoms with Crippen LogP contribution in [0.15, 0.2) is 5.38 Å². The molecule has 0 bridgehead atoms. The zero-order chi connectivity index (χ0) is 26.2. The summed E-state index contributed by atoms with van der Waals surface area (Å²) < 4.78 is 69.2. The molecule has 1 atom stereocenters. The number of rotatable bonds is 4. The van der Waals surface area contributed by atoms with Gasteiger partial charge in [-0.05, 0) is 31.6 Å². The van der Waals surface area contributed by atoms with Crippen molar-refractivity contribution in [2.24, 2.45) is 5.92 Å². The summed E-state index contributed by atoms with van der Waals surface area (Å²) in [6.07, 6.45) is -3.28. The maximum absolute atomic E-state index is 10.6. The Hall–Kier alpha value is -2.13. The number of nitrogens with zero attached hydrogens (tertiary/aromatic N) is 3. The normalized spacial score (nSPS) is 21.3. The standard InChI is InChI=1S/C16H25N3OS.2C2HF3O2/c1-2-7-18(6-1)16-17-14(12-21-16)15-11-20-9-8-19(15)10-13-4-3-5-13;2*3-2(4,5)1(6)7/h12-13,15H,1-11H2;2*(H,6,7). The monoisotopic (exact) mass is 535 g/mol. The summed E-state index contributed by atoms with van der Waals surface area (Å²) in [6.45, 7) is 6.37. The number of carboxylic acids is 2. The van der Waals surface area contributed by atoms with Crippen molar-refractivity contribution >= 4 is 28.4 Å². The van der Waals surface area contributed by atoms with E-state index in [2.05, 4.69) is 15.2 Å². The van der Waals surface area contributed by atoms with Crippen molar-refractivity contribution in [3.05, 3.63) is 11.1 Å². The average Bonchev–Trinajstić information content (AvgIpc) is 3.42. The summed E-state index contributed by atoms with van der Waals surface area (Å²) in [7, 11) is 0. The fourth-order valence-electron chi connectivity index (χ4n) is 3.62. The van der Waals surface area contributed by atoms with Gasteiger partial charge in [-0.2, -0.15) is 26.3 Å². The lowest BCUT2D eigenvalue weighted by atomic mass is 9.84. The van der Waals surface area contributed by atoms with Gasteiger partial charge in [0.05, 0.1) is 24.9 Å². The number of aliphatic carboxylic acids is 2. The van der Waals surface area contributed by atoms with Crippen LogP contribution in [-0.2, 0) is 14.3 Å². The van der Waals surface area contributed by atoms with E-state index in [1.807, 2.05) is 11.3 Å². The molecular weight excluding hydrogens is 508 g/mol. The molecule has 0 amide bonds. The SMILES string of the molecule is O=C(O)C(F)(F)F.O=C(O)C(F)(F)F.c1sc(N2CCCC2)nc1C1COCCN1CC1CCC1. The highest BCUT2D eigenvalue weighted by Gasteiger charge is 2.39. The average molecular weight is 536 g/mol. The largest absolute Gasteiger partial charge is 0.490 e. The molecule has 1 unspecified atom stereocenters. The number of alkyl halides is 6. The molecule has 1 aromatic heterocycles. The van der Waals surface area contributed by atoms with E-state index in [0.29, 0.717) is 6.04 Å². The second-order valence-corrected chi connectivity index (χ2v) is 9.07. The Balaban J connectivity index is 0.000000257. The number of hydrogen-bond acceptors (Lipinski definition) is 7. The fraction of sp³-hybridized carbons (Fsp3) is 0.750. The molecule has 35 heavy (non-hydrogen) atoms. The Bertz CT molecular complexity index is 801. The summed E-state index contributed by atoms with van der Waals surface area (Å²) in [5, 5.41) is 17.7. The molecule has 15 heteroatoms. The number of halogens is 6. The van der Waals surface area contributed by atoms with E-state index in [1.165, 1.54) is 62.6 Å². The number of anilines is 1. The van der Waals surface area contributed by atoms with Gasteiger partial charge in [0.25, 0.3) is 0 Å². The van der Waals surface area contributed by atoms with Crippen LogP contribution >= 0.6 is 11.3 Å². The van der Waals surface area contributed by atoms with Gasteiger partial charge in [-0.15, -0.1) is 11.3 Å². The van der Waals surface area contributed by atoms with Crippen molar-refractivity contribution < 1.29 is 50.9 Å². The number of ether oxygens (including phenoxy) is 1. The molecule has 0 radical (unpaired) electrons. The fourth-order valence-corrected chi connectivity index (χ4v) is 4.54. The third-order valence-electron chi connectivity index (χ3n) is 5.67. The number of carbonyl (C=O) groups is 2. The van der Waals surface area contributed by atoms with Crippen LogP contribution in [0.2, 0.25) is 0 Å². The minimum atomic E-state index is -5.08. The maximum atomic E-state index is 10.6. The lowest BCUT2D eigenvalue weighted by Gasteiger charge is -2.39. The zero-order valence-electron chi connectivity index (χ0n) is 18.6. The Morgan fingerprint density at radius 3 is 2.00 bits per heavy atom. The summed E-state index contributed by atoms with van der Waals surface area (Å²) in [5.74, 6) is -4.60. The van der Waals surface area contributed by atoms with Crippen LogP contribution in [0.4, 0.5) is 31.5 Å². The maximum Gasteiger partial charge on any atom is 0.490 e. The molecule has 2 N–H and O–H groups in total. The van der Waals surface area contributed by atoms with Crippen molar-refractivity contribution in [2.45, 2.75) is 50.5 Å². The zero-order valence-corrected chi connectivity index (χ0v) is 19.5. The minimum Gasteiger partial charge on any atom is -0.475 e. The molecule has 1 saturated carbocycles. The Morgan fingerprint density at radius 2 is 1.54 bits per heavy atom. The van der Waals surface area contributed by atoms with Gasteiger partial charge >= 0.3 is 24.3 Å². The first-order valence-electron chi connectivity index (χ1n) is 10.9. The Labute approximate surface area is 201 Å². The quantitative estimate of drug-likeness (QED) is 0.554. The van der Waals surface area contributed by atoms with Gasteiger partial charge in [0.1, 0.15) is 0 Å². The van der Waals surface area contributed by atoms with Crippen molar-refractivity contribution in [1.29, 1.82) is 0 Å². The third-order valence-corrected chi connectivity index (χ3v) is 6.59. The molecule has 2 aliphatic heterocycles. The van der Waals surface area contributed by atoms with Crippen LogP contribution in [0.1, 0.15) is 43.8 Å². The van der Waals surface area contributed by atoms with Crippen LogP contribution in [0, 0.1) is 5.92 Å². The van der Waals surface area contributed by atoms with Gasteiger partial charge in [-0.1, -0.05) is 6.42 Å². The van der Waals surface area contributed by atoms with Gasteiger partial charge in [0.15, 0.2) is 5.13 Å². The summed E-state index contributed by atoms with van der Waals surface area (Å²) in [4.78, 5) is 27.8. The molecule has 200 valence electrons. The van der Waals surface area contributed by atoms with Crippen molar-refractivity contribution in [3.8, 4) is 0 Å². The van der Waals surface area contributed by atoms with Gasteiger partial charge < -0.3 is 19.8 Å². The van der Waals surface area contributed by atoms with Crippen LogP contribution in [0.3, 0.4) is 0 Å². The van der Waals surface area contributed by atoms with E-state index in [0.717, 1.165) is 25.7 Å². The number of aromatic nitrogens is 1. The third kappa shape index (κ3) is 9.44. The molecule has 3 heterocycles. The molecule has 0 aromatic carbocycles. The van der Waals surface area contributed by atoms with E-state index in [4.69, 9.17) is 29.5 Å². The first-order valence-corrected chi connectivity index (χ1v) is 11.8. The number of morpholine rings is 1. The van der Waals surface area contributed by atoms with Crippen molar-refractivity contribution in [3.63, 3.8) is 0 Å². The van der Waals surface area contributed by atoms with Crippen molar-refractivity contribution in [2.75, 3.05) is 44.3 Å². The minimum absolute atomic E-state index is 0.381. The topological polar surface area (TPSA) is 103 Å². The lowest BCUT2D eigenvalue weighted by Crippen LogP contribution is -2.43. The highest BCUT2D eigenvalue weighted by atomic mass is 32.1. The highest BCUT2D eigenvalue weighted by molar-refractivity contribution is 7.13. The van der Waals surface area contributed by atoms with Crippen molar-refractivity contribution in [1.82, 2.24) is 9.88 Å². The van der Waals surface area contributed by atoms with Crippen LogP contribution in [-0.4, -0.2) is 83.8 Å². The van der Waals surface area contributed by atoms with Gasteiger partial charge in [-0.3, -0.25) is 4.90 Å². The van der Waals surface area contributed by atoms with Gasteiger partial charge in [-0.25, -0.2) is 14.6 Å². The lowest BCUT2D eigenvalue weighted by molar-refractivity contribution is -0.193. The molecule has 1 aromatic rings. The van der Waals surface area contributed by atoms with E-state index in [9.17, 15) is 26.3 Å². The molecule has 2 saturated heterocycles. The number of carboxylic acid groups (broad SMARTS) is 2. The van der Waals surface area contributed by atoms with Crippen LogP contribution in [0.5, 0.6) is 0 Å². The van der Waals surface area contributed by atoms with E-state index in [-0.39, 0.29) is 0 Å². The molecule has 3 aliphatic rings. The highest BCUT2D eigenvalue weighted by Crippen LogP contribution is 2.34. The predicted molar refractivity (Wildman–Crippen MR) is 113 cm³/mol. The summed E-state index contributed by atoms with van der Waals surface area (Å²) >= 11 is 1.81. The second kappa shape index (κ2) is 12.7. The van der Waals surface area contributed by atoms with Crippen LogP contribution < -0.4 is 4.90 Å². The van der Waals surface area contributed by atoms with Crippen LogP contribution in [0.25, 0.3) is 0 Å². The van der Waals surface area contributed by atoms with E-state index in [1.54, 1.807) is 0 Å². The Kier molecular flexibility index (Phi) is 10.6. The molecular formula is C20H27F6N3O5S. The second-order valence-electron chi connectivity index (χ2n) is 8.24. The first-order chi connectivity index (χ1) is 16.3. The number of hydrogen-bond donors (Lipinski definition) is 2. The Morgan fingerprint density at radius 1 is 1.00 bits per heavy atom. The molecule has 1 aliphatic carbocycles. The molecule has 3 fully saturated rings. The van der Waals surface area contributed by atoms with Gasteiger partial charge in [0, 0.05) is 31.6 Å². The molecule has 8 nitrogen and oxygen atoms in total. The molecule has 0 spiro atoms. The summed E-state index contributed by atoms with van der Waals surface area (Å²) in [6, 6.07) is 0.381. The summed E-state index contributed by atoms with van der Waals surface area (Å²) in [5.41, 5.74) is 1.24. The van der Waals surface area contributed by atoms with E-state index >= 15 is 0 Å². The number of thiazole rings is 1. The van der Waals surface area contributed by atoms with E-state index < -0.39 is 24.3 Å². The smallest absolute Gasteiger partial charge is 0.475 e.